The molecule has 2 heterocycles. The summed E-state index contributed by atoms with van der Waals surface area (Å²) in [7, 11) is 0. The zero-order valence-corrected chi connectivity index (χ0v) is 18.5. The van der Waals surface area contributed by atoms with Crippen molar-refractivity contribution >= 4 is 48.5 Å². The number of thiazole rings is 1. The smallest absolute Gasteiger partial charge is 0.263 e. The molecular weight excluding hydrogens is 466 g/mol. The number of benzene rings is 2. The number of ether oxygens (including phenoxy) is 1. The average molecular weight is 484 g/mol. The van der Waals surface area contributed by atoms with Crippen molar-refractivity contribution in [2.24, 2.45) is 0 Å². The largest absolute Gasteiger partial charge is 0.494 e. The number of hydrogen-bond donors (Lipinski definition) is 1. The van der Waals surface area contributed by atoms with Crippen LogP contribution in [0, 0.1) is 0 Å². The molecule has 0 atom stereocenters. The summed E-state index contributed by atoms with van der Waals surface area (Å²) in [5.41, 5.74) is 1.45. The van der Waals surface area contributed by atoms with Gasteiger partial charge in [0.15, 0.2) is 5.13 Å². The molecule has 152 valence electrons. The maximum atomic E-state index is 12.8. The SMILES string of the molecule is CCOc1ccc2nc(NC(=O)c3cccn(Cc4ccc(Br)cc4)c3=O)sc2c1. The molecule has 0 radical (unpaired) electrons. The minimum Gasteiger partial charge on any atom is -0.494 e. The first kappa shape index (κ1) is 20.3. The Morgan fingerprint density at radius 3 is 2.77 bits per heavy atom. The highest BCUT2D eigenvalue weighted by Crippen LogP contribution is 2.29. The van der Waals surface area contributed by atoms with Crippen LogP contribution in [0.15, 0.2) is 70.1 Å². The molecule has 6 nitrogen and oxygen atoms in total. The van der Waals surface area contributed by atoms with Crippen LogP contribution < -0.4 is 15.6 Å². The first-order valence-electron chi connectivity index (χ1n) is 9.32. The van der Waals surface area contributed by atoms with Gasteiger partial charge in [-0.2, -0.15) is 0 Å². The van der Waals surface area contributed by atoms with Gasteiger partial charge in [0.2, 0.25) is 0 Å². The lowest BCUT2D eigenvalue weighted by Crippen LogP contribution is -2.29. The molecule has 8 heteroatoms. The number of nitrogens with one attached hydrogen (secondary N) is 1. The summed E-state index contributed by atoms with van der Waals surface area (Å²) in [6, 6.07) is 16.5. The minimum atomic E-state index is -0.478. The molecule has 0 spiro atoms. The van der Waals surface area contributed by atoms with Crippen molar-refractivity contribution in [2.45, 2.75) is 13.5 Å². The minimum absolute atomic E-state index is 0.0730. The first-order chi connectivity index (χ1) is 14.5. The number of halogens is 1. The van der Waals surface area contributed by atoms with E-state index in [4.69, 9.17) is 4.74 Å². The lowest BCUT2D eigenvalue weighted by molar-refractivity contribution is 0.102. The summed E-state index contributed by atoms with van der Waals surface area (Å²) in [5, 5.41) is 3.18. The standard InChI is InChI=1S/C22H18BrN3O3S/c1-2-29-16-9-10-18-19(12-16)30-22(24-18)25-20(27)17-4-3-11-26(21(17)28)13-14-5-7-15(23)8-6-14/h3-12H,2,13H2,1H3,(H,24,25,27). The molecule has 0 aliphatic rings. The first-order valence-corrected chi connectivity index (χ1v) is 10.9. The Balaban J connectivity index is 1.55. The molecule has 0 fully saturated rings. The zero-order chi connectivity index (χ0) is 21.1. The van der Waals surface area contributed by atoms with Crippen molar-refractivity contribution in [2.75, 3.05) is 11.9 Å². The van der Waals surface area contributed by atoms with Crippen LogP contribution >= 0.6 is 27.3 Å². The van der Waals surface area contributed by atoms with Crippen LogP contribution in [0.5, 0.6) is 5.75 Å². The van der Waals surface area contributed by atoms with E-state index in [0.717, 1.165) is 26.0 Å². The van der Waals surface area contributed by atoms with Gasteiger partial charge in [0.1, 0.15) is 11.3 Å². The van der Waals surface area contributed by atoms with Crippen LogP contribution in [0.2, 0.25) is 0 Å². The van der Waals surface area contributed by atoms with E-state index in [1.807, 2.05) is 49.4 Å². The van der Waals surface area contributed by atoms with Gasteiger partial charge in [-0.3, -0.25) is 14.9 Å². The fraction of sp³-hybridized carbons (Fsp3) is 0.136. The topological polar surface area (TPSA) is 73.2 Å². The third-order valence-electron chi connectivity index (χ3n) is 4.42. The van der Waals surface area contributed by atoms with Gasteiger partial charge in [0.25, 0.3) is 11.5 Å². The van der Waals surface area contributed by atoms with Crippen LogP contribution in [0.4, 0.5) is 5.13 Å². The van der Waals surface area contributed by atoms with Crippen molar-refractivity contribution < 1.29 is 9.53 Å². The van der Waals surface area contributed by atoms with E-state index in [1.165, 1.54) is 22.0 Å². The number of nitrogens with zero attached hydrogens (tertiary/aromatic N) is 2. The van der Waals surface area contributed by atoms with Crippen LogP contribution in [0.3, 0.4) is 0 Å². The molecule has 4 rings (SSSR count). The summed E-state index contributed by atoms with van der Waals surface area (Å²) in [6.45, 7) is 2.88. The predicted molar refractivity (Wildman–Crippen MR) is 123 cm³/mol. The Morgan fingerprint density at radius 1 is 1.20 bits per heavy atom. The molecule has 0 saturated carbocycles. The Morgan fingerprint density at radius 2 is 2.00 bits per heavy atom. The molecule has 0 aliphatic heterocycles. The fourth-order valence-electron chi connectivity index (χ4n) is 3.00. The second kappa shape index (κ2) is 8.81. The molecule has 1 amide bonds. The fourth-order valence-corrected chi connectivity index (χ4v) is 4.15. The number of hydrogen-bond acceptors (Lipinski definition) is 5. The highest BCUT2D eigenvalue weighted by molar-refractivity contribution is 9.10. The molecule has 30 heavy (non-hydrogen) atoms. The Labute approximate surface area is 185 Å². The Kier molecular flexibility index (Phi) is 5.96. The van der Waals surface area contributed by atoms with E-state index in [1.54, 1.807) is 12.3 Å². The van der Waals surface area contributed by atoms with Gasteiger partial charge in [0.05, 0.1) is 23.4 Å². The molecule has 0 aliphatic carbocycles. The zero-order valence-electron chi connectivity index (χ0n) is 16.1. The summed E-state index contributed by atoms with van der Waals surface area (Å²) in [6.07, 6.45) is 1.67. The number of rotatable bonds is 6. The van der Waals surface area contributed by atoms with Crippen LogP contribution in [-0.2, 0) is 6.54 Å². The number of aromatic nitrogens is 2. The van der Waals surface area contributed by atoms with Gasteiger partial charge in [-0.15, -0.1) is 0 Å². The van der Waals surface area contributed by atoms with Crippen molar-refractivity contribution in [1.82, 2.24) is 9.55 Å². The van der Waals surface area contributed by atoms with Crippen LogP contribution in [0.1, 0.15) is 22.8 Å². The number of carbonyl (C=O) groups excluding carboxylic acids is 1. The number of fused-ring (bicyclic) bond motifs is 1. The lowest BCUT2D eigenvalue weighted by Gasteiger charge is -2.08. The average Bonchev–Trinajstić information content (AvgIpc) is 3.13. The predicted octanol–water partition coefficient (Wildman–Crippen LogP) is 4.92. The van der Waals surface area contributed by atoms with E-state index >= 15 is 0 Å². The lowest BCUT2D eigenvalue weighted by atomic mass is 10.2. The number of amides is 1. The number of pyridine rings is 1. The van der Waals surface area contributed by atoms with Crippen LogP contribution in [0.25, 0.3) is 10.2 Å². The highest BCUT2D eigenvalue weighted by atomic mass is 79.9. The van der Waals surface area contributed by atoms with Crippen molar-refractivity contribution in [3.63, 3.8) is 0 Å². The number of anilines is 1. The normalized spacial score (nSPS) is 10.9. The van der Waals surface area contributed by atoms with Gasteiger partial charge >= 0.3 is 0 Å². The van der Waals surface area contributed by atoms with Crippen LogP contribution in [-0.4, -0.2) is 22.1 Å². The van der Waals surface area contributed by atoms with Gasteiger partial charge in [0, 0.05) is 10.7 Å². The van der Waals surface area contributed by atoms with Crippen molar-refractivity contribution in [3.05, 3.63) is 86.7 Å². The summed E-state index contributed by atoms with van der Waals surface area (Å²) in [4.78, 5) is 30.0. The molecule has 2 aromatic heterocycles. The van der Waals surface area contributed by atoms with E-state index in [0.29, 0.717) is 18.3 Å². The van der Waals surface area contributed by atoms with Gasteiger partial charge in [-0.25, -0.2) is 4.98 Å². The van der Waals surface area contributed by atoms with Crippen molar-refractivity contribution in [3.8, 4) is 5.75 Å². The summed E-state index contributed by atoms with van der Waals surface area (Å²) < 4.78 is 8.89. The quantitative estimate of drug-likeness (QED) is 0.422. The maximum absolute atomic E-state index is 12.8. The van der Waals surface area contributed by atoms with Gasteiger partial charge < -0.3 is 9.30 Å². The van der Waals surface area contributed by atoms with Crippen molar-refractivity contribution in [1.29, 1.82) is 0 Å². The molecule has 0 saturated heterocycles. The molecular formula is C22H18BrN3O3S. The van der Waals surface area contributed by atoms with E-state index < -0.39 is 5.91 Å². The van der Waals surface area contributed by atoms with Gasteiger partial charge in [-0.05, 0) is 55.0 Å². The third-order valence-corrected chi connectivity index (χ3v) is 5.88. The summed E-state index contributed by atoms with van der Waals surface area (Å²) >= 11 is 4.74. The third kappa shape index (κ3) is 4.44. The second-order valence-electron chi connectivity index (χ2n) is 6.52. The van der Waals surface area contributed by atoms with E-state index in [9.17, 15) is 9.59 Å². The van der Waals surface area contributed by atoms with E-state index in [-0.39, 0.29) is 11.1 Å². The summed E-state index contributed by atoms with van der Waals surface area (Å²) in [5.74, 6) is 0.277. The molecule has 1 N–H and O–H groups in total. The number of carbonyl (C=O) groups is 1. The van der Waals surface area contributed by atoms with Gasteiger partial charge in [-0.1, -0.05) is 39.4 Å². The molecule has 0 bridgehead atoms. The monoisotopic (exact) mass is 483 g/mol. The highest BCUT2D eigenvalue weighted by Gasteiger charge is 2.15. The second-order valence-corrected chi connectivity index (χ2v) is 8.46. The Bertz CT molecular complexity index is 1260. The van der Waals surface area contributed by atoms with E-state index in [2.05, 4.69) is 26.2 Å². The molecule has 4 aromatic rings. The molecule has 2 aromatic carbocycles. The maximum Gasteiger partial charge on any atom is 0.263 e. The Hall–Kier alpha value is -2.97. The molecule has 0 unspecified atom stereocenters.